The summed E-state index contributed by atoms with van der Waals surface area (Å²) < 4.78 is 76.2. The highest BCUT2D eigenvalue weighted by atomic mass is 19.3. The molecule has 3 aromatic rings. The lowest BCUT2D eigenvalue weighted by Gasteiger charge is -2.19. The second-order valence-electron chi connectivity index (χ2n) is 6.46. The van der Waals surface area contributed by atoms with Gasteiger partial charge in [-0.3, -0.25) is 4.79 Å². The van der Waals surface area contributed by atoms with Crippen molar-refractivity contribution in [1.29, 1.82) is 0 Å². The Balaban J connectivity index is 1.68. The molecule has 2 aromatic carbocycles. The fourth-order valence-electron chi connectivity index (χ4n) is 2.91. The van der Waals surface area contributed by atoms with Crippen molar-refractivity contribution in [3.05, 3.63) is 72.2 Å². The molecule has 4 rings (SSSR count). The Labute approximate surface area is 179 Å². The molecule has 1 aliphatic rings. The van der Waals surface area contributed by atoms with Gasteiger partial charge in [0.15, 0.2) is 0 Å². The van der Waals surface area contributed by atoms with Crippen LogP contribution >= 0.6 is 0 Å². The third kappa shape index (κ3) is 4.53. The summed E-state index contributed by atoms with van der Waals surface area (Å²) in [4.78, 5) is 21.6. The Morgan fingerprint density at radius 1 is 1.20 bits per heavy atom. The van der Waals surface area contributed by atoms with E-state index in [0.717, 1.165) is 4.90 Å². The minimum absolute atomic E-state index is 0.0315. The third-order valence-corrected chi connectivity index (χ3v) is 4.18. The van der Waals surface area contributed by atoms with Crippen molar-refractivity contribution in [3.8, 4) is 22.6 Å². The molecule has 1 aromatic heterocycles. The molecule has 0 bridgehead atoms. The summed E-state index contributed by atoms with van der Waals surface area (Å²) in [5.74, 6) is -1.12. The van der Waals surface area contributed by atoms with Gasteiger partial charge in [-0.25, -0.2) is 9.97 Å². The summed E-state index contributed by atoms with van der Waals surface area (Å²) in [6.45, 7) is -2.17. The number of carbonyl (C=O) groups is 1. The fourth-order valence-corrected chi connectivity index (χ4v) is 2.91. The fraction of sp³-hybridized carbons (Fsp3) is 0.227. The molecule has 0 fully saturated rings. The van der Waals surface area contributed by atoms with Crippen molar-refractivity contribution >= 4 is 5.91 Å². The molecule has 0 radical (unpaired) electrons. The molecule has 1 aliphatic heterocycles. The lowest BCUT2D eigenvalue weighted by molar-refractivity contribution is -0.158. The van der Waals surface area contributed by atoms with Crippen LogP contribution in [0.25, 0.3) is 11.1 Å². The van der Waals surface area contributed by atoms with Crippen molar-refractivity contribution in [2.45, 2.75) is 19.5 Å². The molecule has 6 nitrogen and oxygen atoms in total. The molecule has 0 spiro atoms. The molecule has 0 aliphatic carbocycles. The van der Waals surface area contributed by atoms with Gasteiger partial charge in [0.25, 0.3) is 5.91 Å². The van der Waals surface area contributed by atoms with Gasteiger partial charge in [-0.05, 0) is 41.4 Å². The maximum atomic E-state index is 13.4. The van der Waals surface area contributed by atoms with Crippen molar-refractivity contribution in [2.75, 3.05) is 13.2 Å². The van der Waals surface area contributed by atoms with Gasteiger partial charge in [-0.2, -0.15) is 8.78 Å². The first kappa shape index (κ1) is 14.4. The van der Waals surface area contributed by atoms with Crippen LogP contribution < -0.4 is 9.47 Å². The maximum absolute atomic E-state index is 13.4. The number of ether oxygens (including phenoxy) is 2. The summed E-state index contributed by atoms with van der Waals surface area (Å²) in [5.41, 5.74) is 1.20. The zero-order valence-electron chi connectivity index (χ0n) is 20.8. The van der Waals surface area contributed by atoms with Gasteiger partial charge in [0.1, 0.15) is 23.9 Å². The summed E-state index contributed by atoms with van der Waals surface area (Å²) in [7, 11) is 0. The Kier molecular flexibility index (Phi) is 3.88. The number of halogens is 2. The molecule has 30 heavy (non-hydrogen) atoms. The largest absolute Gasteiger partial charge is 0.491 e. The van der Waals surface area contributed by atoms with Crippen LogP contribution in [0, 0.1) is 0 Å². The summed E-state index contributed by atoms with van der Waals surface area (Å²) in [6.07, 6.45) is -4.58. The first-order valence-corrected chi connectivity index (χ1v) is 8.95. The predicted octanol–water partition coefficient (Wildman–Crippen LogP) is 4.17. The Morgan fingerprint density at radius 3 is 2.60 bits per heavy atom. The van der Waals surface area contributed by atoms with Crippen molar-refractivity contribution in [3.63, 3.8) is 0 Å². The number of alkyl halides is 2. The van der Waals surface area contributed by atoms with Crippen LogP contribution in [0.1, 0.15) is 30.0 Å². The minimum atomic E-state index is -3.33. The Hall–Kier alpha value is -3.55. The molecular weight excluding hydrogens is 392 g/mol. The lowest BCUT2D eigenvalue weighted by Crippen LogP contribution is -2.32. The van der Waals surface area contributed by atoms with E-state index in [1.807, 2.05) is 0 Å². The van der Waals surface area contributed by atoms with Gasteiger partial charge in [-0.1, -0.05) is 18.2 Å². The number of carbonyl (C=O) groups excluding carboxylic acids is 1. The van der Waals surface area contributed by atoms with Crippen LogP contribution in [0.15, 0.2) is 60.9 Å². The normalized spacial score (nSPS) is 16.8. The number of aromatic nitrogens is 2. The number of amides is 1. The minimum Gasteiger partial charge on any atom is -0.491 e. The standard InChI is InChI=1S/C22H19F2N3O3/c1-22(23,24)30-17-6-3-15(4-7-17)16-5-8-19-18(13-16)21(28)27(11-12-29-19)14-20-25-9-2-10-26-20/h2-10,13H,11-12,14H2,1H3/i2D,9D,10D,14D2. The number of hydrogen-bond acceptors (Lipinski definition) is 5. The molecule has 0 N–H and O–H groups in total. The molecule has 0 saturated carbocycles. The summed E-state index contributed by atoms with van der Waals surface area (Å²) in [6, 6.07) is 10.0. The van der Waals surface area contributed by atoms with Crippen molar-refractivity contribution in [2.24, 2.45) is 0 Å². The highest BCUT2D eigenvalue weighted by Gasteiger charge is 2.25. The van der Waals surface area contributed by atoms with Gasteiger partial charge in [-0.15, -0.1) is 0 Å². The quantitative estimate of drug-likeness (QED) is 0.625. The topological polar surface area (TPSA) is 64.6 Å². The van der Waals surface area contributed by atoms with E-state index in [1.54, 1.807) is 24.3 Å². The van der Waals surface area contributed by atoms with Crippen LogP contribution in [-0.2, 0) is 6.50 Å². The zero-order valence-corrected chi connectivity index (χ0v) is 15.8. The number of rotatable bonds is 5. The number of fused-ring (bicyclic) bond motifs is 1. The molecule has 1 amide bonds. The maximum Gasteiger partial charge on any atom is 0.394 e. The number of hydrogen-bond donors (Lipinski definition) is 0. The highest BCUT2D eigenvalue weighted by Crippen LogP contribution is 2.31. The van der Waals surface area contributed by atoms with E-state index >= 15 is 0 Å². The second kappa shape index (κ2) is 8.06. The Bertz CT molecular complexity index is 1260. The van der Waals surface area contributed by atoms with E-state index in [2.05, 4.69) is 14.7 Å². The number of benzene rings is 2. The third-order valence-electron chi connectivity index (χ3n) is 4.18. The molecule has 0 atom stereocenters. The summed E-state index contributed by atoms with van der Waals surface area (Å²) in [5, 5.41) is 0. The average molecular weight is 416 g/mol. The molecule has 0 saturated heterocycles. The number of nitrogens with zero attached hydrogens (tertiary/aromatic N) is 3. The van der Waals surface area contributed by atoms with Gasteiger partial charge in [0, 0.05) is 19.3 Å². The molecular formula is C22H19F2N3O3. The van der Waals surface area contributed by atoms with Crippen molar-refractivity contribution < 1.29 is 29.9 Å². The highest BCUT2D eigenvalue weighted by molar-refractivity contribution is 5.98. The van der Waals surface area contributed by atoms with Gasteiger partial charge in [0.05, 0.1) is 25.5 Å². The lowest BCUT2D eigenvalue weighted by atomic mass is 10.0. The van der Waals surface area contributed by atoms with Gasteiger partial charge >= 0.3 is 6.11 Å². The monoisotopic (exact) mass is 416 g/mol. The van der Waals surface area contributed by atoms with Gasteiger partial charge < -0.3 is 14.4 Å². The second-order valence-corrected chi connectivity index (χ2v) is 6.46. The Morgan fingerprint density at radius 2 is 1.90 bits per heavy atom. The smallest absolute Gasteiger partial charge is 0.394 e. The molecule has 8 heteroatoms. The van der Waals surface area contributed by atoms with E-state index in [4.69, 9.17) is 11.6 Å². The van der Waals surface area contributed by atoms with Crippen LogP contribution in [0.4, 0.5) is 8.78 Å². The van der Waals surface area contributed by atoms with Crippen LogP contribution in [0.2, 0.25) is 0 Å². The van der Waals surface area contributed by atoms with Crippen molar-refractivity contribution in [1.82, 2.24) is 14.9 Å². The first-order valence-electron chi connectivity index (χ1n) is 11.5. The van der Waals surface area contributed by atoms with Crippen LogP contribution in [0.3, 0.4) is 0 Å². The SMILES string of the molecule is [2H]c1nc(C([2H])([2H])N2CCOc3ccc(-c4ccc(OC(C)(F)F)cc4)cc3C2=O)nc([2H])c1[2H]. The average Bonchev–Trinajstić information content (AvgIpc) is 2.95. The van der Waals surface area contributed by atoms with Crippen LogP contribution in [0.5, 0.6) is 11.5 Å². The first-order chi connectivity index (χ1) is 16.4. The molecule has 0 unspecified atom stereocenters. The van der Waals surface area contributed by atoms with E-state index in [0.29, 0.717) is 18.1 Å². The van der Waals surface area contributed by atoms with E-state index in [1.165, 1.54) is 18.2 Å². The van der Waals surface area contributed by atoms with E-state index in [-0.39, 0.29) is 30.2 Å². The van der Waals surface area contributed by atoms with E-state index in [9.17, 15) is 13.6 Å². The van der Waals surface area contributed by atoms with Gasteiger partial charge in [0.2, 0.25) is 0 Å². The summed E-state index contributed by atoms with van der Waals surface area (Å²) >= 11 is 0. The predicted molar refractivity (Wildman–Crippen MR) is 105 cm³/mol. The van der Waals surface area contributed by atoms with E-state index < -0.39 is 42.7 Å². The van der Waals surface area contributed by atoms with Crippen LogP contribution in [-0.4, -0.2) is 40.0 Å². The zero-order chi connectivity index (χ0) is 25.5. The molecule has 2 heterocycles. The molecule has 154 valence electrons.